The maximum Gasteiger partial charge on any atom is 0.490 e. The highest BCUT2D eigenvalue weighted by Gasteiger charge is 2.38. The van der Waals surface area contributed by atoms with Crippen molar-refractivity contribution >= 4 is 22.7 Å². The molecule has 1 fully saturated rings. The summed E-state index contributed by atoms with van der Waals surface area (Å²) in [5.74, 6) is -0.503. The zero-order chi connectivity index (χ0) is 26.1. The SMILES string of the molecule is CCN1CCN(CC(C)CNc2nc(-c3ccccc3)nc3ccccc23)CC1.O=C(O)C(F)(F)F. The molecule has 0 amide bonds. The topological polar surface area (TPSA) is 81.6 Å². The number of aliphatic carboxylic acids is 1. The number of piperazine rings is 1. The standard InChI is InChI=1S/C24H31N5.C2HF3O2/c1-3-28-13-15-29(16-14-28)18-19(2)17-25-24-21-11-7-8-12-22(21)26-23(27-24)20-9-5-4-6-10-20;3-2(4,5)1(6)7/h4-12,19H,3,13-18H2,1-2H3,(H,25,26,27);(H,6,7). The minimum atomic E-state index is -5.08. The summed E-state index contributed by atoms with van der Waals surface area (Å²) in [4.78, 5) is 23.7. The number of nitrogens with one attached hydrogen (secondary N) is 1. The van der Waals surface area contributed by atoms with Crippen LogP contribution in [0.25, 0.3) is 22.3 Å². The zero-order valence-corrected chi connectivity index (χ0v) is 20.5. The lowest BCUT2D eigenvalue weighted by atomic mass is 10.1. The predicted octanol–water partition coefficient (Wildman–Crippen LogP) is 4.62. The molecule has 1 atom stereocenters. The average Bonchev–Trinajstić information content (AvgIpc) is 2.88. The summed E-state index contributed by atoms with van der Waals surface area (Å²) < 4.78 is 31.7. The molecule has 194 valence electrons. The van der Waals surface area contributed by atoms with Crippen LogP contribution in [0.5, 0.6) is 0 Å². The number of likely N-dealkylation sites (N-methyl/N-ethyl adjacent to an activating group) is 1. The van der Waals surface area contributed by atoms with Gasteiger partial charge in [-0.05, 0) is 24.6 Å². The van der Waals surface area contributed by atoms with E-state index in [1.165, 1.54) is 26.2 Å². The van der Waals surface area contributed by atoms with Gasteiger partial charge in [0.25, 0.3) is 0 Å². The maximum absolute atomic E-state index is 10.6. The highest BCUT2D eigenvalue weighted by Crippen LogP contribution is 2.25. The quantitative estimate of drug-likeness (QED) is 0.487. The predicted molar refractivity (Wildman–Crippen MR) is 135 cm³/mol. The number of carbonyl (C=O) groups is 1. The lowest BCUT2D eigenvalue weighted by Crippen LogP contribution is -2.47. The first-order valence-electron chi connectivity index (χ1n) is 12.0. The Bertz CT molecular complexity index is 1120. The molecule has 1 saturated heterocycles. The van der Waals surface area contributed by atoms with E-state index in [-0.39, 0.29) is 0 Å². The molecule has 1 aliphatic heterocycles. The van der Waals surface area contributed by atoms with Gasteiger partial charge in [0.15, 0.2) is 5.82 Å². The number of alkyl halides is 3. The molecule has 3 aromatic rings. The molecule has 10 heteroatoms. The van der Waals surface area contributed by atoms with Crippen molar-refractivity contribution in [2.75, 3.05) is 51.1 Å². The molecule has 1 unspecified atom stereocenters. The number of rotatable bonds is 7. The Hall–Kier alpha value is -3.24. The molecule has 1 aliphatic rings. The Morgan fingerprint density at radius 3 is 2.19 bits per heavy atom. The third kappa shape index (κ3) is 7.89. The second-order valence-electron chi connectivity index (χ2n) is 8.80. The van der Waals surface area contributed by atoms with E-state index in [9.17, 15) is 13.2 Å². The molecule has 1 aromatic heterocycles. The number of anilines is 1. The van der Waals surface area contributed by atoms with Crippen LogP contribution in [0.15, 0.2) is 54.6 Å². The van der Waals surface area contributed by atoms with Crippen molar-refractivity contribution in [2.24, 2.45) is 5.92 Å². The van der Waals surface area contributed by atoms with Crippen LogP contribution in [0.4, 0.5) is 19.0 Å². The van der Waals surface area contributed by atoms with Gasteiger partial charge in [-0.15, -0.1) is 0 Å². The molecule has 4 rings (SSSR count). The summed E-state index contributed by atoms with van der Waals surface area (Å²) >= 11 is 0. The third-order valence-corrected chi connectivity index (χ3v) is 5.98. The monoisotopic (exact) mass is 503 g/mol. The van der Waals surface area contributed by atoms with E-state index >= 15 is 0 Å². The van der Waals surface area contributed by atoms with Crippen molar-refractivity contribution in [2.45, 2.75) is 20.0 Å². The molecule has 0 spiro atoms. The van der Waals surface area contributed by atoms with E-state index in [1.54, 1.807) is 0 Å². The number of para-hydroxylation sites is 1. The van der Waals surface area contributed by atoms with Crippen LogP contribution in [0.2, 0.25) is 0 Å². The summed E-state index contributed by atoms with van der Waals surface area (Å²) in [7, 11) is 0. The van der Waals surface area contributed by atoms with E-state index in [0.29, 0.717) is 5.92 Å². The second kappa shape index (κ2) is 12.6. The van der Waals surface area contributed by atoms with Crippen LogP contribution in [0, 0.1) is 5.92 Å². The Labute approximate surface area is 209 Å². The van der Waals surface area contributed by atoms with Gasteiger partial charge in [0, 0.05) is 50.2 Å². The average molecular weight is 504 g/mol. The number of carboxylic acids is 1. The Morgan fingerprint density at radius 2 is 1.58 bits per heavy atom. The van der Waals surface area contributed by atoms with Crippen molar-refractivity contribution in [3.63, 3.8) is 0 Å². The van der Waals surface area contributed by atoms with E-state index in [0.717, 1.165) is 47.7 Å². The number of hydrogen-bond acceptors (Lipinski definition) is 6. The molecular weight excluding hydrogens is 471 g/mol. The second-order valence-corrected chi connectivity index (χ2v) is 8.80. The molecular formula is C26H32F3N5O2. The van der Waals surface area contributed by atoms with Crippen LogP contribution in [-0.4, -0.2) is 82.8 Å². The lowest BCUT2D eigenvalue weighted by molar-refractivity contribution is -0.192. The van der Waals surface area contributed by atoms with Crippen LogP contribution >= 0.6 is 0 Å². The zero-order valence-electron chi connectivity index (χ0n) is 20.5. The minimum Gasteiger partial charge on any atom is -0.475 e. The molecule has 0 radical (unpaired) electrons. The first-order chi connectivity index (χ1) is 17.2. The highest BCUT2D eigenvalue weighted by atomic mass is 19.4. The molecule has 2 N–H and O–H groups in total. The van der Waals surface area contributed by atoms with E-state index in [2.05, 4.69) is 59.3 Å². The Kier molecular flexibility index (Phi) is 9.60. The summed E-state index contributed by atoms with van der Waals surface area (Å²) in [6.07, 6.45) is -5.08. The first-order valence-corrected chi connectivity index (χ1v) is 12.0. The molecule has 7 nitrogen and oxygen atoms in total. The number of fused-ring (bicyclic) bond motifs is 1. The molecule has 0 bridgehead atoms. The van der Waals surface area contributed by atoms with Gasteiger partial charge in [-0.3, -0.25) is 0 Å². The molecule has 36 heavy (non-hydrogen) atoms. The summed E-state index contributed by atoms with van der Waals surface area (Å²) in [6.45, 7) is 12.5. The lowest BCUT2D eigenvalue weighted by Gasteiger charge is -2.35. The fourth-order valence-corrected chi connectivity index (χ4v) is 3.99. The number of carboxylic acid groups (broad SMARTS) is 1. The van der Waals surface area contributed by atoms with Gasteiger partial charge in [-0.1, -0.05) is 56.3 Å². The fraction of sp³-hybridized carbons (Fsp3) is 0.423. The van der Waals surface area contributed by atoms with E-state index in [1.807, 2.05) is 24.3 Å². The highest BCUT2D eigenvalue weighted by molar-refractivity contribution is 5.90. The largest absolute Gasteiger partial charge is 0.490 e. The number of hydrogen-bond donors (Lipinski definition) is 2. The van der Waals surface area contributed by atoms with Crippen molar-refractivity contribution in [3.05, 3.63) is 54.6 Å². The van der Waals surface area contributed by atoms with Crippen molar-refractivity contribution in [3.8, 4) is 11.4 Å². The number of halogens is 3. The maximum atomic E-state index is 10.6. The summed E-state index contributed by atoms with van der Waals surface area (Å²) in [5.41, 5.74) is 2.02. The van der Waals surface area contributed by atoms with Gasteiger partial charge in [-0.25, -0.2) is 14.8 Å². The number of aromatic nitrogens is 2. The van der Waals surface area contributed by atoms with E-state index in [4.69, 9.17) is 19.9 Å². The summed E-state index contributed by atoms with van der Waals surface area (Å²) in [5, 5.41) is 11.8. The van der Waals surface area contributed by atoms with Gasteiger partial charge in [-0.2, -0.15) is 13.2 Å². The van der Waals surface area contributed by atoms with Crippen molar-refractivity contribution in [1.82, 2.24) is 19.8 Å². The van der Waals surface area contributed by atoms with Crippen LogP contribution in [0.3, 0.4) is 0 Å². The number of nitrogens with zero attached hydrogens (tertiary/aromatic N) is 4. The van der Waals surface area contributed by atoms with Gasteiger partial charge >= 0.3 is 12.1 Å². The molecule has 2 aromatic carbocycles. The van der Waals surface area contributed by atoms with Gasteiger partial charge < -0.3 is 20.2 Å². The first kappa shape index (κ1) is 27.3. The molecule has 0 saturated carbocycles. The fourth-order valence-electron chi connectivity index (χ4n) is 3.99. The van der Waals surface area contributed by atoms with Gasteiger partial charge in [0.1, 0.15) is 5.82 Å². The van der Waals surface area contributed by atoms with Gasteiger partial charge in [0.05, 0.1) is 5.52 Å². The third-order valence-electron chi connectivity index (χ3n) is 5.98. The Balaban J connectivity index is 0.000000454. The van der Waals surface area contributed by atoms with E-state index < -0.39 is 12.1 Å². The Morgan fingerprint density at radius 1 is 1.00 bits per heavy atom. The normalized spacial score (nSPS) is 15.7. The summed E-state index contributed by atoms with van der Waals surface area (Å²) in [6, 6.07) is 18.4. The van der Waals surface area contributed by atoms with Gasteiger partial charge in [0.2, 0.25) is 0 Å². The smallest absolute Gasteiger partial charge is 0.475 e. The molecule has 2 heterocycles. The van der Waals surface area contributed by atoms with Crippen molar-refractivity contribution < 1.29 is 23.1 Å². The van der Waals surface area contributed by atoms with Crippen LogP contribution < -0.4 is 5.32 Å². The van der Waals surface area contributed by atoms with Crippen LogP contribution in [-0.2, 0) is 4.79 Å². The molecule has 0 aliphatic carbocycles. The van der Waals surface area contributed by atoms with Crippen LogP contribution in [0.1, 0.15) is 13.8 Å². The number of benzene rings is 2. The minimum absolute atomic E-state index is 0.553. The van der Waals surface area contributed by atoms with Crippen molar-refractivity contribution in [1.29, 1.82) is 0 Å².